The largest absolute Gasteiger partial charge is 0.305 e. The summed E-state index contributed by atoms with van der Waals surface area (Å²) in [4.78, 5) is 35.4. The van der Waals surface area contributed by atoms with Crippen LogP contribution < -0.4 is 10.9 Å². The SMILES string of the molecule is CC(C)n1[nH]c(=O)c2c1NC(=O)[C@H]([N+](=O)[O-])[C@H]2c1ccc(F)cc1. The Labute approximate surface area is 135 Å². The molecule has 3 rings (SSSR count). The van der Waals surface area contributed by atoms with Crippen LogP contribution in [0.5, 0.6) is 0 Å². The van der Waals surface area contributed by atoms with Gasteiger partial charge in [0.1, 0.15) is 11.6 Å². The molecule has 2 N–H and O–H groups in total. The first-order valence-corrected chi connectivity index (χ1v) is 7.35. The zero-order valence-corrected chi connectivity index (χ0v) is 12.9. The molecule has 2 aromatic rings. The van der Waals surface area contributed by atoms with E-state index in [9.17, 15) is 24.1 Å². The number of hydrogen-bond acceptors (Lipinski definition) is 4. The molecule has 8 nitrogen and oxygen atoms in total. The maximum absolute atomic E-state index is 13.2. The third-order valence-electron chi connectivity index (χ3n) is 4.07. The number of aromatic amines is 1. The number of carbonyl (C=O) groups is 1. The Morgan fingerprint density at radius 1 is 1.25 bits per heavy atom. The van der Waals surface area contributed by atoms with Gasteiger partial charge in [0, 0.05) is 11.0 Å². The minimum atomic E-state index is -1.66. The first-order chi connectivity index (χ1) is 11.3. The monoisotopic (exact) mass is 334 g/mol. The molecule has 0 spiro atoms. The van der Waals surface area contributed by atoms with Crippen LogP contribution >= 0.6 is 0 Å². The summed E-state index contributed by atoms with van der Waals surface area (Å²) in [6, 6.07) is 3.17. The molecule has 126 valence electrons. The molecule has 1 amide bonds. The summed E-state index contributed by atoms with van der Waals surface area (Å²) in [5.74, 6) is -2.19. The van der Waals surface area contributed by atoms with Gasteiger partial charge in [0.05, 0.1) is 11.5 Å². The highest BCUT2D eigenvalue weighted by Crippen LogP contribution is 2.37. The fraction of sp³-hybridized carbons (Fsp3) is 0.333. The van der Waals surface area contributed by atoms with Crippen molar-refractivity contribution in [2.75, 3.05) is 5.32 Å². The number of anilines is 1. The molecule has 1 aliphatic heterocycles. The zero-order chi connectivity index (χ0) is 17.6. The Hall–Kier alpha value is -2.97. The fourth-order valence-electron chi connectivity index (χ4n) is 3.00. The van der Waals surface area contributed by atoms with E-state index in [0.29, 0.717) is 5.56 Å². The number of nitrogens with one attached hydrogen (secondary N) is 2. The number of nitro groups is 1. The molecule has 2 atom stereocenters. The van der Waals surface area contributed by atoms with Crippen molar-refractivity contribution in [3.63, 3.8) is 0 Å². The molecule has 1 aliphatic rings. The molecule has 2 heterocycles. The molecule has 0 saturated carbocycles. The number of aromatic nitrogens is 2. The van der Waals surface area contributed by atoms with Gasteiger partial charge < -0.3 is 5.32 Å². The van der Waals surface area contributed by atoms with Crippen LogP contribution in [0.25, 0.3) is 0 Å². The molecule has 24 heavy (non-hydrogen) atoms. The molecular formula is C15H15FN4O4. The number of carbonyl (C=O) groups excluding carboxylic acids is 1. The van der Waals surface area contributed by atoms with Gasteiger partial charge in [-0.1, -0.05) is 12.1 Å². The van der Waals surface area contributed by atoms with Gasteiger partial charge in [0.15, 0.2) is 0 Å². The Morgan fingerprint density at radius 3 is 2.42 bits per heavy atom. The van der Waals surface area contributed by atoms with E-state index in [-0.39, 0.29) is 17.4 Å². The number of H-pyrrole nitrogens is 1. The van der Waals surface area contributed by atoms with Gasteiger partial charge in [0.2, 0.25) is 0 Å². The van der Waals surface area contributed by atoms with Gasteiger partial charge in [-0.3, -0.25) is 29.5 Å². The van der Waals surface area contributed by atoms with Gasteiger partial charge in [-0.05, 0) is 31.5 Å². The molecule has 1 aromatic carbocycles. The lowest BCUT2D eigenvalue weighted by atomic mass is 9.83. The van der Waals surface area contributed by atoms with Crippen molar-refractivity contribution < 1.29 is 14.1 Å². The van der Waals surface area contributed by atoms with Gasteiger partial charge in [0.25, 0.3) is 5.56 Å². The summed E-state index contributed by atoms with van der Waals surface area (Å²) >= 11 is 0. The fourth-order valence-corrected chi connectivity index (χ4v) is 3.00. The highest BCUT2D eigenvalue weighted by molar-refractivity contribution is 5.97. The second kappa shape index (κ2) is 5.59. The summed E-state index contributed by atoms with van der Waals surface area (Å²) in [5.41, 5.74) is -0.0716. The van der Waals surface area contributed by atoms with Gasteiger partial charge in [-0.15, -0.1) is 0 Å². The van der Waals surface area contributed by atoms with Crippen LogP contribution in [0.1, 0.15) is 36.9 Å². The lowest BCUT2D eigenvalue weighted by molar-refractivity contribution is -0.509. The number of rotatable bonds is 3. The third-order valence-corrected chi connectivity index (χ3v) is 4.07. The van der Waals surface area contributed by atoms with Crippen molar-refractivity contribution in [3.05, 3.63) is 61.7 Å². The van der Waals surface area contributed by atoms with Crippen LogP contribution in [0, 0.1) is 15.9 Å². The lowest BCUT2D eigenvalue weighted by Gasteiger charge is -2.26. The maximum Gasteiger partial charge on any atom is 0.301 e. The van der Waals surface area contributed by atoms with E-state index in [1.807, 2.05) is 0 Å². The summed E-state index contributed by atoms with van der Waals surface area (Å²) in [6.07, 6.45) is 0. The van der Waals surface area contributed by atoms with Crippen LogP contribution in [0.2, 0.25) is 0 Å². The minimum absolute atomic E-state index is 0.108. The Bertz CT molecular complexity index is 869. The van der Waals surface area contributed by atoms with E-state index in [2.05, 4.69) is 10.4 Å². The molecule has 0 fully saturated rings. The number of benzene rings is 1. The maximum atomic E-state index is 13.2. The summed E-state index contributed by atoms with van der Waals surface area (Å²) in [7, 11) is 0. The number of nitrogens with zero attached hydrogens (tertiary/aromatic N) is 2. The topological polar surface area (TPSA) is 110 Å². The van der Waals surface area contributed by atoms with E-state index >= 15 is 0 Å². The van der Waals surface area contributed by atoms with E-state index < -0.39 is 34.2 Å². The lowest BCUT2D eigenvalue weighted by Crippen LogP contribution is -2.45. The smallest absolute Gasteiger partial charge is 0.301 e. The Kier molecular flexibility index (Phi) is 3.70. The van der Waals surface area contributed by atoms with Crippen molar-refractivity contribution in [2.45, 2.75) is 31.8 Å². The van der Waals surface area contributed by atoms with Gasteiger partial charge in [-0.25, -0.2) is 4.39 Å². The molecule has 9 heteroatoms. The third kappa shape index (κ3) is 2.38. The van der Waals surface area contributed by atoms with E-state index in [0.717, 1.165) is 12.1 Å². The highest BCUT2D eigenvalue weighted by Gasteiger charge is 2.48. The molecule has 0 radical (unpaired) electrons. The summed E-state index contributed by atoms with van der Waals surface area (Å²) in [5, 5.41) is 16.5. The molecule has 0 aliphatic carbocycles. The zero-order valence-electron chi connectivity index (χ0n) is 12.9. The number of hydrogen-bond donors (Lipinski definition) is 2. The molecular weight excluding hydrogens is 319 g/mol. The predicted octanol–water partition coefficient (Wildman–Crippen LogP) is 1.63. The van der Waals surface area contributed by atoms with E-state index in [1.54, 1.807) is 13.8 Å². The minimum Gasteiger partial charge on any atom is -0.305 e. The molecule has 0 saturated heterocycles. The molecule has 0 unspecified atom stereocenters. The molecule has 0 bridgehead atoms. The predicted molar refractivity (Wildman–Crippen MR) is 83.1 cm³/mol. The number of fused-ring (bicyclic) bond motifs is 1. The van der Waals surface area contributed by atoms with Crippen LogP contribution in [0.4, 0.5) is 10.2 Å². The van der Waals surface area contributed by atoms with Crippen LogP contribution in [-0.4, -0.2) is 26.7 Å². The van der Waals surface area contributed by atoms with Crippen molar-refractivity contribution in [1.29, 1.82) is 0 Å². The van der Waals surface area contributed by atoms with E-state index in [1.165, 1.54) is 16.8 Å². The van der Waals surface area contributed by atoms with Crippen LogP contribution in [0.3, 0.4) is 0 Å². The quantitative estimate of drug-likeness (QED) is 0.656. The highest BCUT2D eigenvalue weighted by atomic mass is 19.1. The van der Waals surface area contributed by atoms with Crippen molar-refractivity contribution in [2.24, 2.45) is 0 Å². The first-order valence-electron chi connectivity index (χ1n) is 7.35. The normalized spacial score (nSPS) is 19.9. The van der Waals surface area contributed by atoms with E-state index in [4.69, 9.17) is 0 Å². The van der Waals surface area contributed by atoms with Crippen LogP contribution in [0.15, 0.2) is 29.1 Å². The Balaban J connectivity index is 2.27. The average Bonchev–Trinajstić information content (AvgIpc) is 2.83. The number of amides is 1. The average molecular weight is 334 g/mol. The van der Waals surface area contributed by atoms with Crippen molar-refractivity contribution in [1.82, 2.24) is 9.78 Å². The standard InChI is InChI=1S/C15H15FN4O4/c1-7(2)19-13-11(14(21)18-19)10(8-3-5-9(16)6-4-8)12(20(23)24)15(22)17-13/h3-7,10,12H,1-2H3,(H,17,22)(H,18,21)/t10-,12+/m0/s1. The number of halogens is 1. The second-order valence-electron chi connectivity index (χ2n) is 5.92. The van der Waals surface area contributed by atoms with Crippen molar-refractivity contribution >= 4 is 11.7 Å². The second-order valence-corrected chi connectivity index (χ2v) is 5.92. The van der Waals surface area contributed by atoms with Gasteiger partial charge >= 0.3 is 11.9 Å². The summed E-state index contributed by atoms with van der Waals surface area (Å²) < 4.78 is 14.6. The first kappa shape index (κ1) is 15.9. The van der Waals surface area contributed by atoms with Crippen LogP contribution in [-0.2, 0) is 4.79 Å². The van der Waals surface area contributed by atoms with Gasteiger partial charge in [-0.2, -0.15) is 0 Å². The Morgan fingerprint density at radius 2 is 1.88 bits per heavy atom. The summed E-state index contributed by atoms with van der Waals surface area (Å²) in [6.45, 7) is 3.60. The molecule has 1 aromatic heterocycles. The van der Waals surface area contributed by atoms with Crippen molar-refractivity contribution in [3.8, 4) is 0 Å².